The highest BCUT2D eigenvalue weighted by atomic mass is 16.7. The molecule has 0 saturated carbocycles. The number of rotatable bonds is 64. The van der Waals surface area contributed by atoms with Gasteiger partial charge < -0.3 is 45.1 Å². The molecule has 508 valence electrons. The zero-order chi connectivity index (χ0) is 63.1. The highest BCUT2D eigenvalue weighted by molar-refractivity contribution is 5.80. The van der Waals surface area contributed by atoms with E-state index in [1.807, 2.05) is 6.08 Å². The van der Waals surface area contributed by atoms with Crippen molar-refractivity contribution in [2.24, 2.45) is 0 Å². The first kappa shape index (κ1) is 82.4. The first-order chi connectivity index (χ1) is 42.7. The molecule has 1 amide bonds. The van der Waals surface area contributed by atoms with Gasteiger partial charge in [-0.3, -0.25) is 9.59 Å². The van der Waals surface area contributed by atoms with Crippen LogP contribution in [0.1, 0.15) is 348 Å². The molecule has 1 aliphatic rings. The summed E-state index contributed by atoms with van der Waals surface area (Å²) in [5.74, 6) is -1.19. The van der Waals surface area contributed by atoms with Gasteiger partial charge in [0.2, 0.25) is 5.91 Å². The smallest absolute Gasteiger partial charge is 0.306 e. The molecule has 6 N–H and O–H groups in total. The maximum absolute atomic E-state index is 13.5. The molecule has 0 aromatic heterocycles. The number of allylic oxidation sites excluding steroid dienone is 9. The van der Waals surface area contributed by atoms with Gasteiger partial charge in [-0.15, -0.1) is 0 Å². The van der Waals surface area contributed by atoms with Gasteiger partial charge in [-0.1, -0.05) is 332 Å². The molecule has 87 heavy (non-hydrogen) atoms. The van der Waals surface area contributed by atoms with E-state index < -0.39 is 67.4 Å². The summed E-state index contributed by atoms with van der Waals surface area (Å²) >= 11 is 0. The van der Waals surface area contributed by atoms with E-state index in [4.69, 9.17) is 14.2 Å². The first-order valence-corrected chi connectivity index (χ1v) is 37.1. The second-order valence-electron chi connectivity index (χ2n) is 25.7. The summed E-state index contributed by atoms with van der Waals surface area (Å²) in [6, 6.07) is -1.03. The van der Waals surface area contributed by atoms with Crippen molar-refractivity contribution in [2.45, 2.75) is 397 Å². The van der Waals surface area contributed by atoms with E-state index in [0.29, 0.717) is 12.8 Å². The third-order valence-electron chi connectivity index (χ3n) is 17.4. The van der Waals surface area contributed by atoms with E-state index in [1.54, 1.807) is 6.08 Å². The third-order valence-corrected chi connectivity index (χ3v) is 17.4. The van der Waals surface area contributed by atoms with Gasteiger partial charge in [-0.2, -0.15) is 0 Å². The molecule has 1 rings (SSSR count). The number of aliphatic hydroxyl groups excluding tert-OH is 5. The maximum Gasteiger partial charge on any atom is 0.306 e. The van der Waals surface area contributed by atoms with Gasteiger partial charge in [0, 0.05) is 6.42 Å². The standard InChI is InChI=1S/C76H139NO10/c1-4-7-10-13-16-19-22-24-26-28-30-32-34-36-37-39-41-43-45-48-51-54-57-60-63-69(80)75(84)77-67(68(79)62-59-56-53-50-47-21-18-15-12-9-6-3)66-85-76-74(73(83)72(82)70(65-78)86-76)87-71(81)64-61-58-55-52-49-46-44-42-40-38-35-33-31-29-27-25-23-20-17-14-11-8-5-2/h16,19,24,26,30,32,36-37,59,62,67-70,72-74,76,78-80,82-83H,4-15,17-18,20-23,25,27-29,31,33-35,38-58,60-61,63-66H2,1-3H3,(H,77,84)/b19-16-,26-24-,32-30-,37-36-,62-59+. The molecule has 0 aliphatic carbocycles. The second kappa shape index (κ2) is 63.5. The molecule has 1 aliphatic heterocycles. The Hall–Kier alpha value is -2.64. The average molecular weight is 1230 g/mol. The zero-order valence-corrected chi connectivity index (χ0v) is 56.6. The van der Waals surface area contributed by atoms with Crippen LogP contribution in [0.4, 0.5) is 0 Å². The zero-order valence-electron chi connectivity index (χ0n) is 56.6. The molecule has 11 nitrogen and oxygen atoms in total. The highest BCUT2D eigenvalue weighted by Gasteiger charge is 2.47. The molecule has 11 heteroatoms. The van der Waals surface area contributed by atoms with Crippen LogP contribution in [0, 0.1) is 0 Å². The Kier molecular flexibility index (Phi) is 60.1. The Balaban J connectivity index is 2.53. The van der Waals surface area contributed by atoms with E-state index in [1.165, 1.54) is 218 Å². The van der Waals surface area contributed by atoms with Crippen LogP contribution in [0.5, 0.6) is 0 Å². The average Bonchev–Trinajstić information content (AvgIpc) is 1.30. The normalized spacial score (nSPS) is 18.6. The Labute approximate surface area is 535 Å². The molecule has 8 unspecified atom stereocenters. The minimum Gasteiger partial charge on any atom is -0.454 e. The predicted molar refractivity (Wildman–Crippen MR) is 366 cm³/mol. The van der Waals surface area contributed by atoms with Crippen LogP contribution in [0.15, 0.2) is 60.8 Å². The van der Waals surface area contributed by atoms with Crippen LogP contribution in [0.3, 0.4) is 0 Å². The van der Waals surface area contributed by atoms with Crippen molar-refractivity contribution in [3.05, 3.63) is 60.8 Å². The fourth-order valence-electron chi connectivity index (χ4n) is 11.6. The minimum absolute atomic E-state index is 0.127. The summed E-state index contributed by atoms with van der Waals surface area (Å²) in [6.07, 6.45) is 71.2. The lowest BCUT2D eigenvalue weighted by atomic mass is 9.99. The van der Waals surface area contributed by atoms with Crippen LogP contribution in [0.25, 0.3) is 0 Å². The van der Waals surface area contributed by atoms with Gasteiger partial charge in [0.1, 0.15) is 24.4 Å². The lowest BCUT2D eigenvalue weighted by Gasteiger charge is -2.41. The molecule has 8 atom stereocenters. The molecular formula is C76H139NO10. The monoisotopic (exact) mass is 1230 g/mol. The van der Waals surface area contributed by atoms with Crippen molar-refractivity contribution < 1.29 is 49.3 Å². The van der Waals surface area contributed by atoms with Crippen LogP contribution < -0.4 is 5.32 Å². The molecule has 0 radical (unpaired) electrons. The Morgan fingerprint density at radius 1 is 0.448 bits per heavy atom. The van der Waals surface area contributed by atoms with Crippen LogP contribution >= 0.6 is 0 Å². The van der Waals surface area contributed by atoms with Crippen molar-refractivity contribution in [1.29, 1.82) is 0 Å². The molecule has 0 bridgehead atoms. The second-order valence-corrected chi connectivity index (χ2v) is 25.7. The van der Waals surface area contributed by atoms with Crippen molar-refractivity contribution in [3.8, 4) is 0 Å². The predicted octanol–water partition coefficient (Wildman–Crippen LogP) is 19.3. The Morgan fingerprint density at radius 3 is 1.21 bits per heavy atom. The Morgan fingerprint density at radius 2 is 0.793 bits per heavy atom. The van der Waals surface area contributed by atoms with E-state index in [9.17, 15) is 35.1 Å². The van der Waals surface area contributed by atoms with Crippen molar-refractivity contribution >= 4 is 11.9 Å². The Bertz CT molecular complexity index is 1650. The quantitative estimate of drug-likeness (QED) is 0.0195. The molecule has 1 saturated heterocycles. The van der Waals surface area contributed by atoms with Gasteiger partial charge in [0.15, 0.2) is 12.4 Å². The minimum atomic E-state index is -1.61. The van der Waals surface area contributed by atoms with Crippen molar-refractivity contribution in [1.82, 2.24) is 5.32 Å². The summed E-state index contributed by atoms with van der Waals surface area (Å²) < 4.78 is 17.7. The number of amides is 1. The summed E-state index contributed by atoms with van der Waals surface area (Å²) in [7, 11) is 0. The lowest BCUT2D eigenvalue weighted by Crippen LogP contribution is -2.61. The number of nitrogens with one attached hydrogen (secondary N) is 1. The molecule has 1 heterocycles. The van der Waals surface area contributed by atoms with Crippen LogP contribution in [0.2, 0.25) is 0 Å². The number of aliphatic hydroxyl groups is 5. The number of hydrogen-bond acceptors (Lipinski definition) is 10. The molecule has 0 aromatic rings. The third kappa shape index (κ3) is 50.7. The van der Waals surface area contributed by atoms with Gasteiger partial charge in [-0.05, 0) is 70.6 Å². The molecular weight excluding hydrogens is 1090 g/mol. The van der Waals surface area contributed by atoms with Gasteiger partial charge >= 0.3 is 5.97 Å². The highest BCUT2D eigenvalue weighted by Crippen LogP contribution is 2.26. The van der Waals surface area contributed by atoms with Crippen molar-refractivity contribution in [3.63, 3.8) is 0 Å². The SMILES string of the molecule is CCCCC/C=C\C/C=C\C/C=C\C/C=C\CCCCCCCCCCC(O)C(=O)NC(COC1OC(CO)C(O)C(O)C1OC(=O)CCCCCCCCCCCCCCCCCCCCCCCCC)C(O)/C=C/CCCCCCCCCCC. The largest absolute Gasteiger partial charge is 0.454 e. The van der Waals surface area contributed by atoms with E-state index in [-0.39, 0.29) is 19.4 Å². The topological polar surface area (TPSA) is 175 Å². The number of unbranched alkanes of at least 4 members (excludes halogenated alkanes) is 42. The fraction of sp³-hybridized carbons (Fsp3) is 0.842. The van der Waals surface area contributed by atoms with Gasteiger partial charge in [-0.25, -0.2) is 0 Å². The van der Waals surface area contributed by atoms with E-state index >= 15 is 0 Å². The molecule has 0 spiro atoms. The first-order valence-electron chi connectivity index (χ1n) is 37.1. The summed E-state index contributed by atoms with van der Waals surface area (Å²) in [4.78, 5) is 26.7. The molecule has 1 fully saturated rings. The number of esters is 1. The van der Waals surface area contributed by atoms with Gasteiger partial charge in [0.05, 0.1) is 25.4 Å². The molecule has 0 aromatic carbocycles. The fourth-order valence-corrected chi connectivity index (χ4v) is 11.6. The number of carbonyl (C=O) groups excluding carboxylic acids is 2. The van der Waals surface area contributed by atoms with E-state index in [2.05, 4.69) is 74.7 Å². The summed E-state index contributed by atoms with van der Waals surface area (Å²) in [6.45, 7) is 5.80. The van der Waals surface area contributed by atoms with E-state index in [0.717, 1.165) is 83.5 Å². The van der Waals surface area contributed by atoms with Crippen LogP contribution in [-0.4, -0.2) is 99.6 Å². The van der Waals surface area contributed by atoms with Crippen molar-refractivity contribution in [2.75, 3.05) is 13.2 Å². The summed E-state index contributed by atoms with van der Waals surface area (Å²) in [5.41, 5.74) is 0. The maximum atomic E-state index is 13.5. The number of carbonyl (C=O) groups is 2. The van der Waals surface area contributed by atoms with Crippen LogP contribution in [-0.2, 0) is 23.8 Å². The lowest BCUT2D eigenvalue weighted by molar-refractivity contribution is -0.305. The summed E-state index contributed by atoms with van der Waals surface area (Å²) in [5, 5.41) is 57.3. The number of hydrogen-bond donors (Lipinski definition) is 6. The van der Waals surface area contributed by atoms with Gasteiger partial charge in [0.25, 0.3) is 0 Å². The number of ether oxygens (including phenoxy) is 3.